The minimum absolute atomic E-state index is 0.148. The van der Waals surface area contributed by atoms with Crippen LogP contribution in [0.15, 0.2) is 48.5 Å². The minimum Gasteiger partial charge on any atom is -0.444 e. The van der Waals surface area contributed by atoms with Crippen molar-refractivity contribution in [3.63, 3.8) is 0 Å². The van der Waals surface area contributed by atoms with Crippen LogP contribution in [0.5, 0.6) is 0 Å². The number of rotatable bonds is 3. The van der Waals surface area contributed by atoms with Crippen LogP contribution in [-0.4, -0.2) is 11.7 Å². The zero-order valence-electron chi connectivity index (χ0n) is 14.6. The van der Waals surface area contributed by atoms with Gasteiger partial charge in [-0.3, -0.25) is 0 Å². The lowest BCUT2D eigenvalue weighted by Crippen LogP contribution is -2.34. The van der Waals surface area contributed by atoms with Gasteiger partial charge in [-0.05, 0) is 62.6 Å². The van der Waals surface area contributed by atoms with Crippen molar-refractivity contribution in [1.82, 2.24) is 5.32 Å². The largest absolute Gasteiger partial charge is 0.444 e. The molecule has 0 aliphatic carbocycles. The van der Waals surface area contributed by atoms with Gasteiger partial charge in [-0.15, -0.1) is 6.42 Å². The van der Waals surface area contributed by atoms with Crippen molar-refractivity contribution in [2.24, 2.45) is 0 Å². The summed E-state index contributed by atoms with van der Waals surface area (Å²) in [6, 6.07) is 15.8. The zero-order chi connectivity index (χ0) is 17.7. The molecule has 2 rings (SSSR count). The highest BCUT2D eigenvalue weighted by Gasteiger charge is 2.18. The Hall–Kier alpha value is -2.73. The zero-order valence-corrected chi connectivity index (χ0v) is 14.6. The summed E-state index contributed by atoms with van der Waals surface area (Å²) in [5.74, 6) is 2.61. The molecule has 0 aliphatic rings. The van der Waals surface area contributed by atoms with Gasteiger partial charge in [0.1, 0.15) is 5.60 Å². The van der Waals surface area contributed by atoms with E-state index in [0.717, 1.165) is 22.3 Å². The summed E-state index contributed by atoms with van der Waals surface area (Å²) in [6.45, 7) is 7.47. The van der Waals surface area contributed by atoms with Crippen LogP contribution in [-0.2, 0) is 4.74 Å². The third-order valence-corrected chi connectivity index (χ3v) is 3.50. The predicted octanol–water partition coefficient (Wildman–Crippen LogP) is 4.92. The van der Waals surface area contributed by atoms with Gasteiger partial charge in [0, 0.05) is 5.56 Å². The molecule has 0 unspecified atom stereocenters. The number of carbonyl (C=O) groups excluding carboxylic acids is 1. The van der Waals surface area contributed by atoms with Crippen molar-refractivity contribution in [1.29, 1.82) is 0 Å². The number of terminal acetylenes is 1. The van der Waals surface area contributed by atoms with Crippen molar-refractivity contribution in [3.05, 3.63) is 59.7 Å². The molecular formula is C21H23NO2. The van der Waals surface area contributed by atoms with E-state index in [1.165, 1.54) is 0 Å². The Bertz CT molecular complexity index is 749. The highest BCUT2D eigenvalue weighted by atomic mass is 16.6. The molecule has 2 aromatic rings. The Morgan fingerprint density at radius 2 is 1.79 bits per heavy atom. The Labute approximate surface area is 144 Å². The average molecular weight is 321 g/mol. The first kappa shape index (κ1) is 17.6. The summed E-state index contributed by atoms with van der Waals surface area (Å²) in [5.41, 5.74) is 3.52. The number of ether oxygens (including phenoxy) is 1. The summed E-state index contributed by atoms with van der Waals surface area (Å²) in [7, 11) is 0. The van der Waals surface area contributed by atoms with Crippen molar-refractivity contribution in [2.75, 3.05) is 0 Å². The summed E-state index contributed by atoms with van der Waals surface area (Å²) < 4.78 is 5.30. The molecule has 0 bridgehead atoms. The summed E-state index contributed by atoms with van der Waals surface area (Å²) >= 11 is 0. The predicted molar refractivity (Wildman–Crippen MR) is 97.6 cm³/mol. The van der Waals surface area contributed by atoms with Crippen molar-refractivity contribution in [3.8, 4) is 23.5 Å². The van der Waals surface area contributed by atoms with E-state index < -0.39 is 11.7 Å². The summed E-state index contributed by atoms with van der Waals surface area (Å²) in [5, 5.41) is 2.86. The van der Waals surface area contributed by atoms with Gasteiger partial charge >= 0.3 is 6.09 Å². The second-order valence-corrected chi connectivity index (χ2v) is 6.72. The monoisotopic (exact) mass is 321 g/mol. The third kappa shape index (κ3) is 4.89. The van der Waals surface area contributed by atoms with E-state index in [4.69, 9.17) is 11.2 Å². The van der Waals surface area contributed by atoms with E-state index in [9.17, 15) is 4.79 Å². The maximum atomic E-state index is 11.9. The number of alkyl carbamates (subject to hydrolysis) is 1. The van der Waals surface area contributed by atoms with Crippen LogP contribution in [0, 0.1) is 12.3 Å². The molecule has 0 radical (unpaired) electrons. The quantitative estimate of drug-likeness (QED) is 0.815. The third-order valence-electron chi connectivity index (χ3n) is 3.50. The summed E-state index contributed by atoms with van der Waals surface area (Å²) in [4.78, 5) is 11.9. The van der Waals surface area contributed by atoms with Gasteiger partial charge < -0.3 is 10.1 Å². The number of hydrogen-bond acceptors (Lipinski definition) is 2. The number of carbonyl (C=O) groups is 1. The number of benzene rings is 2. The Morgan fingerprint density at radius 1 is 1.12 bits per heavy atom. The lowest BCUT2D eigenvalue weighted by Gasteiger charge is -2.22. The molecule has 3 nitrogen and oxygen atoms in total. The Kier molecular flexibility index (Phi) is 5.31. The summed E-state index contributed by atoms with van der Waals surface area (Å²) in [6.07, 6.45) is 4.97. The van der Waals surface area contributed by atoms with Gasteiger partial charge in [0.05, 0.1) is 6.04 Å². The molecule has 0 saturated carbocycles. The number of amides is 1. The van der Waals surface area contributed by atoms with E-state index in [1.54, 1.807) is 0 Å². The van der Waals surface area contributed by atoms with Gasteiger partial charge in [0.25, 0.3) is 0 Å². The molecule has 0 aliphatic heterocycles. The molecule has 0 heterocycles. The highest BCUT2D eigenvalue weighted by Crippen LogP contribution is 2.24. The molecular weight excluding hydrogens is 298 g/mol. The fourth-order valence-electron chi connectivity index (χ4n) is 2.31. The van der Waals surface area contributed by atoms with Gasteiger partial charge in [-0.1, -0.05) is 36.3 Å². The van der Waals surface area contributed by atoms with Crippen LogP contribution < -0.4 is 5.32 Å². The first-order valence-electron chi connectivity index (χ1n) is 7.95. The van der Waals surface area contributed by atoms with E-state index in [1.807, 2.05) is 70.2 Å². The second kappa shape index (κ2) is 7.23. The number of hydrogen-bond donors (Lipinski definition) is 1. The van der Waals surface area contributed by atoms with Crippen molar-refractivity contribution < 1.29 is 9.53 Å². The van der Waals surface area contributed by atoms with Crippen LogP contribution in [0.1, 0.15) is 44.9 Å². The molecule has 1 atom stereocenters. The van der Waals surface area contributed by atoms with Crippen molar-refractivity contribution in [2.45, 2.75) is 39.3 Å². The lowest BCUT2D eigenvalue weighted by atomic mass is 9.99. The topological polar surface area (TPSA) is 38.3 Å². The molecule has 1 amide bonds. The molecule has 2 aromatic carbocycles. The van der Waals surface area contributed by atoms with Crippen LogP contribution >= 0.6 is 0 Å². The van der Waals surface area contributed by atoms with E-state index >= 15 is 0 Å². The van der Waals surface area contributed by atoms with Crippen molar-refractivity contribution >= 4 is 6.09 Å². The first-order chi connectivity index (χ1) is 11.3. The first-order valence-corrected chi connectivity index (χ1v) is 7.95. The van der Waals surface area contributed by atoms with E-state index in [-0.39, 0.29) is 6.04 Å². The minimum atomic E-state index is -0.509. The van der Waals surface area contributed by atoms with Crippen LogP contribution in [0.25, 0.3) is 11.1 Å². The van der Waals surface area contributed by atoms with E-state index in [2.05, 4.69) is 17.3 Å². The molecule has 0 aromatic heterocycles. The Morgan fingerprint density at radius 3 is 2.38 bits per heavy atom. The standard InChI is InChI=1S/C21H23NO2/c1-6-16-10-12-17(13-11-16)19-9-7-8-18(14-19)15(2)22-20(23)24-21(3,4)5/h1,7-15H,2-5H3,(H,22,23)/t15-/m1/s1. The maximum Gasteiger partial charge on any atom is 0.408 e. The molecule has 124 valence electrons. The molecule has 1 N–H and O–H groups in total. The molecule has 0 spiro atoms. The lowest BCUT2D eigenvalue weighted by molar-refractivity contribution is 0.0508. The molecule has 0 fully saturated rings. The normalized spacial score (nSPS) is 12.1. The molecule has 3 heteroatoms. The molecule has 24 heavy (non-hydrogen) atoms. The highest BCUT2D eigenvalue weighted by molar-refractivity contribution is 5.69. The fraction of sp³-hybridized carbons (Fsp3) is 0.286. The maximum absolute atomic E-state index is 11.9. The van der Waals surface area contributed by atoms with Gasteiger partial charge in [-0.25, -0.2) is 4.79 Å². The second-order valence-electron chi connectivity index (χ2n) is 6.72. The Balaban J connectivity index is 2.14. The van der Waals surface area contributed by atoms with Gasteiger partial charge in [-0.2, -0.15) is 0 Å². The number of nitrogens with one attached hydrogen (secondary N) is 1. The van der Waals surface area contributed by atoms with Crippen LogP contribution in [0.2, 0.25) is 0 Å². The molecule has 0 saturated heterocycles. The van der Waals surface area contributed by atoms with Gasteiger partial charge in [0.15, 0.2) is 0 Å². The van der Waals surface area contributed by atoms with E-state index in [0.29, 0.717) is 0 Å². The van der Waals surface area contributed by atoms with Crippen LogP contribution in [0.4, 0.5) is 4.79 Å². The average Bonchev–Trinajstić information content (AvgIpc) is 2.53. The smallest absolute Gasteiger partial charge is 0.408 e. The SMILES string of the molecule is C#Cc1ccc(-c2cccc([C@@H](C)NC(=O)OC(C)(C)C)c2)cc1. The van der Waals surface area contributed by atoms with Crippen LogP contribution in [0.3, 0.4) is 0 Å². The fourth-order valence-corrected chi connectivity index (χ4v) is 2.31. The van der Waals surface area contributed by atoms with Gasteiger partial charge in [0.2, 0.25) is 0 Å².